The van der Waals surface area contributed by atoms with Crippen LogP contribution in [0.3, 0.4) is 0 Å². The lowest BCUT2D eigenvalue weighted by Gasteiger charge is -2.27. The molecule has 3 heterocycles. The molecule has 0 unspecified atom stereocenters. The molecule has 2 aromatic rings. The maximum absolute atomic E-state index is 12.2. The molecule has 1 fully saturated rings. The number of fused-ring (bicyclic) bond motifs is 1. The number of nitrogens with two attached hydrogens (primary N) is 1. The van der Waals surface area contributed by atoms with Crippen molar-refractivity contribution in [2.24, 2.45) is 0 Å². The molecule has 120 valence electrons. The predicted octanol–water partition coefficient (Wildman–Crippen LogP) is -1.98. The second-order valence-corrected chi connectivity index (χ2v) is 5.75. The molecule has 2 aromatic heterocycles. The molecule has 1 saturated heterocycles. The van der Waals surface area contributed by atoms with Gasteiger partial charge in [-0.25, -0.2) is 4.98 Å². The number of aliphatic hydroxyl groups is 3. The Labute approximate surface area is 127 Å². The number of nitrogens with zero attached hydrogens (tertiary/aromatic N) is 3. The van der Waals surface area contributed by atoms with E-state index in [0.717, 1.165) is 23.0 Å². The summed E-state index contributed by atoms with van der Waals surface area (Å²) in [5.41, 5.74) is 5.69. The molecule has 0 aliphatic carbocycles. The molecule has 1 aliphatic heterocycles. The molecule has 3 rings (SSSR count). The lowest BCUT2D eigenvalue weighted by molar-refractivity contribution is -0.252. The monoisotopic (exact) mass is 330 g/mol. The number of rotatable bonds is 3. The van der Waals surface area contributed by atoms with Gasteiger partial charge in [0, 0.05) is 7.11 Å². The molecule has 0 bridgehead atoms. The van der Waals surface area contributed by atoms with Gasteiger partial charge in [-0.1, -0.05) is 11.3 Å². The van der Waals surface area contributed by atoms with Gasteiger partial charge < -0.3 is 30.5 Å². The SMILES string of the molecule is CO[C@@]1(O)[C@@H](CO)O[C@@H](n2c(=O)sc3cnc(N)nc32)[C@@H]1O. The highest BCUT2D eigenvalue weighted by Gasteiger charge is 2.57. The Morgan fingerprint density at radius 3 is 2.95 bits per heavy atom. The number of ether oxygens (including phenoxy) is 2. The molecule has 0 radical (unpaired) electrons. The van der Waals surface area contributed by atoms with Crippen molar-refractivity contribution in [3.05, 3.63) is 15.9 Å². The summed E-state index contributed by atoms with van der Waals surface area (Å²) in [6.07, 6.45) is -2.73. The molecule has 22 heavy (non-hydrogen) atoms. The summed E-state index contributed by atoms with van der Waals surface area (Å²) >= 11 is 0.844. The highest BCUT2D eigenvalue weighted by Crippen LogP contribution is 2.38. The van der Waals surface area contributed by atoms with Crippen molar-refractivity contribution in [3.8, 4) is 0 Å². The van der Waals surface area contributed by atoms with E-state index in [1.165, 1.54) is 6.20 Å². The Balaban J connectivity index is 2.14. The third kappa shape index (κ3) is 2.02. The minimum atomic E-state index is -2.15. The number of hydrogen-bond acceptors (Lipinski definition) is 10. The van der Waals surface area contributed by atoms with Crippen LogP contribution in [-0.4, -0.2) is 61.6 Å². The largest absolute Gasteiger partial charge is 0.393 e. The fourth-order valence-corrected chi connectivity index (χ4v) is 3.25. The fraction of sp³-hybridized carbons (Fsp3) is 0.545. The average molecular weight is 330 g/mol. The van der Waals surface area contributed by atoms with Gasteiger partial charge in [-0.15, -0.1) is 0 Å². The molecule has 4 atom stereocenters. The zero-order valence-corrected chi connectivity index (χ0v) is 12.2. The summed E-state index contributed by atoms with van der Waals surface area (Å²) in [5.74, 6) is -2.20. The number of aliphatic hydroxyl groups excluding tert-OH is 2. The first-order valence-corrected chi connectivity index (χ1v) is 7.09. The van der Waals surface area contributed by atoms with Crippen molar-refractivity contribution in [3.63, 3.8) is 0 Å². The van der Waals surface area contributed by atoms with Gasteiger partial charge in [0.2, 0.25) is 11.7 Å². The van der Waals surface area contributed by atoms with Crippen LogP contribution in [0.2, 0.25) is 0 Å². The highest BCUT2D eigenvalue weighted by atomic mass is 32.1. The molecule has 11 heteroatoms. The second-order valence-electron chi connectivity index (χ2n) is 4.75. The Morgan fingerprint density at radius 2 is 2.36 bits per heavy atom. The number of nitrogen functional groups attached to an aromatic ring is 1. The lowest BCUT2D eigenvalue weighted by atomic mass is 10.1. The number of thiazole rings is 1. The standard InChI is InChI=1S/C11H14N4O6S/c1-20-11(19)5(3-16)21-8(6(11)17)15-7-4(22-10(15)18)2-13-9(12)14-7/h2,5-6,8,16-17,19H,3H2,1H3,(H2,12,13,14)/t5-,6+,8-,11+/m1/s1. The van der Waals surface area contributed by atoms with E-state index >= 15 is 0 Å². The number of anilines is 1. The van der Waals surface area contributed by atoms with E-state index in [2.05, 4.69) is 9.97 Å². The molecular weight excluding hydrogens is 316 g/mol. The third-order valence-corrected chi connectivity index (χ3v) is 4.46. The van der Waals surface area contributed by atoms with Crippen LogP contribution in [0.5, 0.6) is 0 Å². The van der Waals surface area contributed by atoms with Gasteiger partial charge in [-0.05, 0) is 0 Å². The van der Waals surface area contributed by atoms with E-state index in [-0.39, 0.29) is 11.6 Å². The molecule has 10 nitrogen and oxygen atoms in total. The van der Waals surface area contributed by atoms with Crippen molar-refractivity contribution < 1.29 is 24.8 Å². The van der Waals surface area contributed by atoms with Gasteiger partial charge in [0.15, 0.2) is 18.0 Å². The van der Waals surface area contributed by atoms with Gasteiger partial charge >= 0.3 is 4.87 Å². The Morgan fingerprint density at radius 1 is 1.64 bits per heavy atom. The van der Waals surface area contributed by atoms with Crippen molar-refractivity contribution in [2.75, 3.05) is 19.5 Å². The van der Waals surface area contributed by atoms with E-state index < -0.39 is 35.7 Å². The third-order valence-electron chi connectivity index (χ3n) is 3.58. The van der Waals surface area contributed by atoms with Crippen molar-refractivity contribution in [1.82, 2.24) is 14.5 Å². The number of aromatic nitrogens is 3. The molecule has 1 aliphatic rings. The second kappa shape index (κ2) is 5.22. The maximum atomic E-state index is 12.2. The summed E-state index contributed by atoms with van der Waals surface area (Å²) in [6, 6.07) is 0. The average Bonchev–Trinajstić information content (AvgIpc) is 2.94. The summed E-state index contributed by atoms with van der Waals surface area (Å²) in [5, 5.41) is 29.9. The van der Waals surface area contributed by atoms with Crippen LogP contribution >= 0.6 is 11.3 Å². The van der Waals surface area contributed by atoms with Crippen LogP contribution in [0.1, 0.15) is 6.23 Å². The first-order valence-electron chi connectivity index (χ1n) is 6.27. The molecule has 0 spiro atoms. The smallest absolute Gasteiger partial charge is 0.311 e. The zero-order chi connectivity index (χ0) is 16.1. The summed E-state index contributed by atoms with van der Waals surface area (Å²) in [6.45, 7) is -0.605. The van der Waals surface area contributed by atoms with Crippen molar-refractivity contribution in [2.45, 2.75) is 24.2 Å². The Kier molecular flexibility index (Phi) is 3.63. The van der Waals surface area contributed by atoms with Gasteiger partial charge in [0.1, 0.15) is 6.10 Å². The van der Waals surface area contributed by atoms with E-state index in [9.17, 15) is 20.1 Å². The maximum Gasteiger partial charge on any atom is 0.311 e. The van der Waals surface area contributed by atoms with Gasteiger partial charge in [-0.2, -0.15) is 4.98 Å². The molecule has 5 N–H and O–H groups in total. The predicted molar refractivity (Wildman–Crippen MR) is 75.0 cm³/mol. The van der Waals surface area contributed by atoms with Crippen LogP contribution < -0.4 is 10.6 Å². The first-order chi connectivity index (χ1) is 10.4. The number of methoxy groups -OCH3 is 1. The topological polar surface area (TPSA) is 153 Å². The first kappa shape index (κ1) is 15.3. The van der Waals surface area contributed by atoms with Crippen LogP contribution in [0, 0.1) is 0 Å². The number of hydrogen-bond donors (Lipinski definition) is 4. The quantitative estimate of drug-likeness (QED) is 0.469. The van der Waals surface area contributed by atoms with Crippen molar-refractivity contribution >= 4 is 27.6 Å². The lowest BCUT2D eigenvalue weighted by Crippen LogP contribution is -2.50. The molecule has 0 aromatic carbocycles. The molecule has 0 amide bonds. The Hall–Kier alpha value is -1.63. The van der Waals surface area contributed by atoms with E-state index in [1.54, 1.807) is 0 Å². The molecule has 0 saturated carbocycles. The fourth-order valence-electron chi connectivity index (χ4n) is 2.44. The normalized spacial score (nSPS) is 31.9. The van der Waals surface area contributed by atoms with E-state index in [1.807, 2.05) is 0 Å². The Bertz CT molecular complexity index is 763. The van der Waals surface area contributed by atoms with E-state index in [0.29, 0.717) is 4.70 Å². The van der Waals surface area contributed by atoms with Gasteiger partial charge in [0.05, 0.1) is 17.5 Å². The zero-order valence-electron chi connectivity index (χ0n) is 11.4. The van der Waals surface area contributed by atoms with Crippen LogP contribution in [0.25, 0.3) is 10.3 Å². The highest BCUT2D eigenvalue weighted by molar-refractivity contribution is 7.16. The van der Waals surface area contributed by atoms with Gasteiger partial charge in [0.25, 0.3) is 0 Å². The summed E-state index contributed by atoms with van der Waals surface area (Å²) < 4.78 is 11.8. The summed E-state index contributed by atoms with van der Waals surface area (Å²) in [4.78, 5) is 19.5. The molecular formula is C11H14N4O6S. The van der Waals surface area contributed by atoms with Crippen molar-refractivity contribution in [1.29, 1.82) is 0 Å². The van der Waals surface area contributed by atoms with E-state index in [4.69, 9.17) is 15.2 Å². The van der Waals surface area contributed by atoms with Gasteiger partial charge in [-0.3, -0.25) is 9.36 Å². The van der Waals surface area contributed by atoms with Crippen LogP contribution in [0.15, 0.2) is 11.0 Å². The minimum absolute atomic E-state index is 0.0488. The summed E-state index contributed by atoms with van der Waals surface area (Å²) in [7, 11) is 1.16. The minimum Gasteiger partial charge on any atom is -0.393 e. The van der Waals surface area contributed by atoms with Crippen LogP contribution in [-0.2, 0) is 9.47 Å². The van der Waals surface area contributed by atoms with Crippen LogP contribution in [0.4, 0.5) is 5.95 Å².